The van der Waals surface area contributed by atoms with Crippen LogP contribution >= 0.6 is 23.5 Å². The highest BCUT2D eigenvalue weighted by molar-refractivity contribution is 7.60. The van der Waals surface area contributed by atoms with Gasteiger partial charge >= 0.3 is 23.5 Å². The Morgan fingerprint density at radius 1 is 0.667 bits per heavy atom. The molecule has 0 heterocycles. The van der Waals surface area contributed by atoms with Crippen LogP contribution in [0.1, 0.15) is 0 Å². The van der Waals surface area contributed by atoms with Crippen molar-refractivity contribution in [2.24, 2.45) is 0 Å². The van der Waals surface area contributed by atoms with Gasteiger partial charge in [0.15, 0.2) is 0 Å². The Morgan fingerprint density at radius 3 is 0.958 bits per heavy atom. The van der Waals surface area contributed by atoms with E-state index in [1.54, 1.807) is 28.0 Å². The van der Waals surface area contributed by atoms with Crippen LogP contribution in [-0.4, -0.2) is 70.6 Å². The second kappa shape index (κ2) is 15.8. The van der Waals surface area contributed by atoms with Gasteiger partial charge in [0, 0.05) is 35.5 Å². The minimum Gasteiger partial charge on any atom is -0.300 e. The SMILES string of the molecule is CNP(=O)(OC)OC.COP(=O)(OC)OC.CO[P+](C)(OC)OC. The maximum absolute atomic E-state index is 10.8. The van der Waals surface area contributed by atoms with Crippen LogP contribution < -0.4 is 5.09 Å². The molecule has 0 amide bonds. The van der Waals surface area contributed by atoms with Crippen LogP contribution in [-0.2, 0) is 45.3 Å². The molecule has 150 valence electrons. The highest BCUT2D eigenvalue weighted by Gasteiger charge is 2.33. The van der Waals surface area contributed by atoms with E-state index in [2.05, 4.69) is 27.7 Å². The molecular weight excluding hydrogens is 387 g/mol. The van der Waals surface area contributed by atoms with Gasteiger partial charge < -0.3 is 9.05 Å². The number of rotatable bonds is 9. The van der Waals surface area contributed by atoms with E-state index >= 15 is 0 Å². The fourth-order valence-corrected chi connectivity index (χ4v) is 2.11. The Labute approximate surface area is 145 Å². The van der Waals surface area contributed by atoms with Gasteiger partial charge in [0.25, 0.3) is 0 Å². The third-order valence-electron chi connectivity index (χ3n) is 2.42. The number of phosphoric acid groups is 1. The van der Waals surface area contributed by atoms with Gasteiger partial charge in [-0.1, -0.05) is 0 Å². The van der Waals surface area contributed by atoms with Gasteiger partial charge in [-0.15, -0.1) is 0 Å². The molecule has 0 fully saturated rings. The fourth-order valence-electron chi connectivity index (χ4n) is 0.704. The van der Waals surface area contributed by atoms with Crippen molar-refractivity contribution >= 4 is 23.5 Å². The number of phosphoric ester groups is 1. The highest BCUT2D eigenvalue weighted by Crippen LogP contribution is 2.56. The predicted molar refractivity (Wildman–Crippen MR) is 93.2 cm³/mol. The molecule has 0 atom stereocenters. The number of nitrogens with one attached hydrogen (secondary N) is 1. The maximum Gasteiger partial charge on any atom is 0.473 e. The van der Waals surface area contributed by atoms with Crippen molar-refractivity contribution in [3.8, 4) is 0 Å². The first kappa shape index (κ1) is 29.3. The van der Waals surface area contributed by atoms with Crippen LogP contribution in [0.15, 0.2) is 0 Å². The summed E-state index contributed by atoms with van der Waals surface area (Å²) in [5, 5.41) is 2.39. The summed E-state index contributed by atoms with van der Waals surface area (Å²) in [5.41, 5.74) is 0. The smallest absolute Gasteiger partial charge is 0.300 e. The first-order valence-electron chi connectivity index (χ1n) is 6.26. The molecule has 0 aromatic heterocycles. The lowest BCUT2D eigenvalue weighted by Gasteiger charge is -2.10. The summed E-state index contributed by atoms with van der Waals surface area (Å²) >= 11 is 0. The van der Waals surface area contributed by atoms with Crippen LogP contribution in [0.25, 0.3) is 0 Å². The van der Waals surface area contributed by atoms with Gasteiger partial charge in [-0.25, -0.2) is 14.2 Å². The van der Waals surface area contributed by atoms with Crippen molar-refractivity contribution in [2.45, 2.75) is 0 Å². The lowest BCUT2D eigenvalue weighted by atomic mass is 11.6. The van der Waals surface area contributed by atoms with E-state index in [-0.39, 0.29) is 0 Å². The summed E-state index contributed by atoms with van der Waals surface area (Å²) in [5.74, 6) is 0. The van der Waals surface area contributed by atoms with Crippen molar-refractivity contribution in [3.63, 3.8) is 0 Å². The Morgan fingerprint density at radius 2 is 0.958 bits per heavy atom. The van der Waals surface area contributed by atoms with Crippen molar-refractivity contribution in [3.05, 3.63) is 0 Å². The van der Waals surface area contributed by atoms with Gasteiger partial charge in [-0.05, 0) is 7.05 Å². The van der Waals surface area contributed by atoms with Gasteiger partial charge in [0.2, 0.25) is 0 Å². The first-order chi connectivity index (χ1) is 11.0. The molecule has 0 unspecified atom stereocenters. The van der Waals surface area contributed by atoms with E-state index in [9.17, 15) is 9.13 Å². The third-order valence-corrected chi connectivity index (χ3v) is 7.26. The zero-order valence-electron chi connectivity index (χ0n) is 15.9. The Balaban J connectivity index is -0.000000276. The summed E-state index contributed by atoms with van der Waals surface area (Å²) in [4.78, 5) is 0. The molecule has 0 bridgehead atoms. The van der Waals surface area contributed by atoms with Gasteiger partial charge in [0.1, 0.15) is 6.66 Å². The topological polar surface area (TPSA) is 120 Å². The summed E-state index contributed by atoms with van der Waals surface area (Å²) in [7, 11) is 4.65. The third kappa shape index (κ3) is 13.8. The van der Waals surface area contributed by atoms with Gasteiger partial charge in [0.05, 0.1) is 21.3 Å². The monoisotopic (exact) mass is 418 g/mol. The Bertz CT molecular complexity index is 308. The van der Waals surface area contributed by atoms with Crippen LogP contribution in [0, 0.1) is 0 Å². The summed E-state index contributed by atoms with van der Waals surface area (Å²) in [6.45, 7) is 1.80. The molecule has 0 saturated carbocycles. The second-order valence-electron chi connectivity index (χ2n) is 3.40. The molecule has 0 rings (SSSR count). The molecule has 14 heteroatoms. The van der Waals surface area contributed by atoms with Crippen LogP contribution in [0.5, 0.6) is 0 Å². The molecule has 0 aliphatic carbocycles. The molecule has 0 aromatic carbocycles. The minimum absolute atomic E-state index is 1.26. The number of hydrogen-bond acceptors (Lipinski definition) is 10. The highest BCUT2D eigenvalue weighted by atomic mass is 31.2. The van der Waals surface area contributed by atoms with E-state index in [0.717, 1.165) is 0 Å². The lowest BCUT2D eigenvalue weighted by Crippen LogP contribution is -2.05. The second-order valence-corrected chi connectivity index (χ2v) is 10.2. The predicted octanol–water partition coefficient (Wildman–Crippen LogP) is 2.96. The quantitative estimate of drug-likeness (QED) is 0.557. The molecular formula is C10H31NO10P3+. The Kier molecular flexibility index (Phi) is 19.2. The fraction of sp³-hybridized carbons (Fsp3) is 1.00. The lowest BCUT2D eigenvalue weighted by molar-refractivity contribution is 0.178. The first-order valence-corrected chi connectivity index (χ1v) is 11.3. The van der Waals surface area contributed by atoms with Crippen molar-refractivity contribution in [1.82, 2.24) is 5.09 Å². The summed E-state index contributed by atoms with van der Waals surface area (Å²) < 4.78 is 58.1. The maximum atomic E-state index is 10.8. The summed E-state index contributed by atoms with van der Waals surface area (Å²) in [6, 6.07) is 0. The number of hydrogen-bond donors (Lipinski definition) is 1. The van der Waals surface area contributed by atoms with E-state index in [4.69, 9.17) is 13.6 Å². The van der Waals surface area contributed by atoms with Crippen LogP contribution in [0.3, 0.4) is 0 Å². The van der Waals surface area contributed by atoms with E-state index in [0.29, 0.717) is 0 Å². The largest absolute Gasteiger partial charge is 0.473 e. The molecule has 0 radical (unpaired) electrons. The van der Waals surface area contributed by atoms with E-state index in [1.165, 1.54) is 42.6 Å². The average Bonchev–Trinajstić information content (AvgIpc) is 2.67. The molecule has 24 heavy (non-hydrogen) atoms. The molecule has 0 spiro atoms. The van der Waals surface area contributed by atoms with E-state index < -0.39 is 23.5 Å². The van der Waals surface area contributed by atoms with Crippen molar-refractivity contribution < 1.29 is 45.3 Å². The molecule has 0 aliphatic rings. The van der Waals surface area contributed by atoms with Crippen LogP contribution in [0.2, 0.25) is 0 Å². The molecule has 0 aromatic rings. The molecule has 0 aliphatic heterocycles. The zero-order chi connectivity index (χ0) is 19.9. The molecule has 0 saturated heterocycles. The Hall–Kier alpha value is 0.530. The standard InChI is InChI=1S/C4H12O3P.C3H10NO3P.C3H9O4P/c1-5-8(4,6-2)7-3;1-4-8(5,6-2)7-3;1-5-8(4,6-2)7-3/h1-4H3;1-3H3,(H,4,5);1-3H3/q+1;;. The van der Waals surface area contributed by atoms with Gasteiger partial charge in [-0.3, -0.25) is 13.6 Å². The van der Waals surface area contributed by atoms with Crippen molar-refractivity contribution in [1.29, 1.82) is 0 Å². The molecule has 1 N–H and O–H groups in total. The average molecular weight is 418 g/mol. The summed E-state index contributed by atoms with van der Waals surface area (Å²) in [6.07, 6.45) is 0. The van der Waals surface area contributed by atoms with E-state index in [1.807, 2.05) is 0 Å². The molecule has 11 nitrogen and oxygen atoms in total. The van der Waals surface area contributed by atoms with Gasteiger partial charge in [-0.2, -0.15) is 13.6 Å². The zero-order valence-corrected chi connectivity index (χ0v) is 18.6. The minimum atomic E-state index is -3.16. The van der Waals surface area contributed by atoms with Crippen LogP contribution in [0.4, 0.5) is 0 Å². The normalized spacial score (nSPS) is 11.9. The van der Waals surface area contributed by atoms with Crippen molar-refractivity contribution in [2.75, 3.05) is 70.6 Å².